The maximum Gasteiger partial charge on any atom is 0.271 e. The molecule has 2 aromatic heterocycles. The summed E-state index contributed by atoms with van der Waals surface area (Å²) < 4.78 is 19.5. The summed E-state index contributed by atoms with van der Waals surface area (Å²) in [5.74, 6) is -0.255. The second-order valence-corrected chi connectivity index (χ2v) is 8.28. The van der Waals surface area contributed by atoms with Gasteiger partial charge in [-0.2, -0.15) is 0 Å². The summed E-state index contributed by atoms with van der Waals surface area (Å²) in [6, 6.07) is 11.0. The van der Waals surface area contributed by atoms with Crippen LogP contribution in [0.3, 0.4) is 0 Å². The smallest absolute Gasteiger partial charge is 0.271 e. The summed E-state index contributed by atoms with van der Waals surface area (Å²) >= 11 is 2.78. The van der Waals surface area contributed by atoms with Crippen molar-refractivity contribution in [2.45, 2.75) is 18.4 Å². The van der Waals surface area contributed by atoms with Crippen molar-refractivity contribution in [3.8, 4) is 0 Å². The summed E-state index contributed by atoms with van der Waals surface area (Å²) in [7, 11) is 3.85. The van der Waals surface area contributed by atoms with E-state index in [0.717, 1.165) is 21.1 Å². The number of halogens is 1. The Hall–Kier alpha value is -2.38. The highest BCUT2D eigenvalue weighted by atomic mass is 32.2. The number of aromatic nitrogens is 2. The number of pyridine rings is 1. The quantitative estimate of drug-likeness (QED) is 0.617. The Kier molecular flexibility index (Phi) is 4.65. The van der Waals surface area contributed by atoms with Gasteiger partial charge >= 0.3 is 0 Å². The van der Waals surface area contributed by atoms with Crippen LogP contribution in [0, 0.1) is 5.82 Å². The zero-order chi connectivity index (χ0) is 19.1. The molecular weight excluding hydrogens is 381 g/mol. The lowest BCUT2D eigenvalue weighted by atomic mass is 10.3. The van der Waals surface area contributed by atoms with E-state index in [1.807, 2.05) is 67.0 Å². The minimum atomic E-state index is -0.255. The van der Waals surface area contributed by atoms with Crippen molar-refractivity contribution in [2.75, 3.05) is 11.9 Å². The van der Waals surface area contributed by atoms with Crippen LogP contribution in [0.1, 0.15) is 12.6 Å². The van der Waals surface area contributed by atoms with Crippen LogP contribution in [0.5, 0.6) is 0 Å². The van der Waals surface area contributed by atoms with E-state index in [-0.39, 0.29) is 11.4 Å². The van der Waals surface area contributed by atoms with E-state index < -0.39 is 0 Å². The summed E-state index contributed by atoms with van der Waals surface area (Å²) in [5, 5.41) is 0.782. The molecule has 0 bridgehead atoms. The molecule has 0 N–H and O–H groups in total. The predicted molar refractivity (Wildman–Crippen MR) is 109 cm³/mol. The van der Waals surface area contributed by atoms with Crippen molar-refractivity contribution < 1.29 is 8.96 Å². The monoisotopic (exact) mass is 400 g/mol. The SMILES string of the molecule is CCn1c(=O)/c(=C2\Sc3c(F)cccc3N2C)s/c1=C\c1cccc[n+]1C. The second-order valence-electron chi connectivity index (χ2n) is 6.25. The Labute approximate surface area is 164 Å². The van der Waals surface area contributed by atoms with Crippen molar-refractivity contribution >= 4 is 39.9 Å². The van der Waals surface area contributed by atoms with E-state index in [0.29, 0.717) is 16.0 Å². The average molecular weight is 401 g/mol. The fourth-order valence-electron chi connectivity index (χ4n) is 3.12. The Bertz CT molecular complexity index is 1210. The third-order valence-corrected chi connectivity index (χ3v) is 7.13. The lowest BCUT2D eigenvalue weighted by Gasteiger charge is -2.11. The van der Waals surface area contributed by atoms with Gasteiger partial charge < -0.3 is 4.90 Å². The molecule has 1 aliphatic heterocycles. The third kappa shape index (κ3) is 3.00. The van der Waals surface area contributed by atoms with E-state index in [9.17, 15) is 9.18 Å². The molecule has 7 heteroatoms. The number of rotatable bonds is 2. The number of thiazole rings is 1. The van der Waals surface area contributed by atoms with E-state index in [1.165, 1.54) is 29.2 Å². The molecule has 0 radical (unpaired) electrons. The molecule has 0 amide bonds. The molecule has 1 aliphatic rings. The van der Waals surface area contributed by atoms with Crippen LogP contribution >= 0.6 is 23.1 Å². The zero-order valence-corrected chi connectivity index (χ0v) is 16.9. The van der Waals surface area contributed by atoms with Gasteiger partial charge in [0.1, 0.15) is 27.1 Å². The fraction of sp³-hybridized carbons (Fsp3) is 0.200. The van der Waals surface area contributed by atoms with E-state index in [4.69, 9.17) is 0 Å². The van der Waals surface area contributed by atoms with Crippen LogP contribution in [-0.4, -0.2) is 11.6 Å². The molecule has 0 spiro atoms. The van der Waals surface area contributed by atoms with Gasteiger partial charge in [0.05, 0.1) is 10.6 Å². The Balaban J connectivity index is 1.96. The van der Waals surface area contributed by atoms with Gasteiger partial charge in [-0.25, -0.2) is 8.96 Å². The molecule has 0 saturated heterocycles. The summed E-state index contributed by atoms with van der Waals surface area (Å²) in [6.07, 6.45) is 4.00. The van der Waals surface area contributed by atoms with Gasteiger partial charge in [-0.1, -0.05) is 17.8 Å². The number of benzene rings is 1. The maximum atomic E-state index is 14.2. The number of nitrogens with zero attached hydrogens (tertiary/aromatic N) is 3. The topological polar surface area (TPSA) is 29.1 Å². The lowest BCUT2D eigenvalue weighted by Crippen LogP contribution is -2.34. The highest BCUT2D eigenvalue weighted by Gasteiger charge is 2.27. The van der Waals surface area contributed by atoms with E-state index in [2.05, 4.69) is 0 Å². The van der Waals surface area contributed by atoms with Crippen LogP contribution in [-0.2, 0) is 13.6 Å². The van der Waals surface area contributed by atoms with Crippen LogP contribution in [0.15, 0.2) is 52.3 Å². The largest absolute Gasteiger partial charge is 0.337 e. The fourth-order valence-corrected chi connectivity index (χ4v) is 5.58. The maximum absolute atomic E-state index is 14.2. The Morgan fingerprint density at radius 2 is 2.04 bits per heavy atom. The number of hydrogen-bond acceptors (Lipinski definition) is 4. The average Bonchev–Trinajstić information content (AvgIpc) is 3.15. The molecule has 1 aromatic carbocycles. The van der Waals surface area contributed by atoms with Gasteiger partial charge in [0.25, 0.3) is 5.56 Å². The highest BCUT2D eigenvalue weighted by Crippen LogP contribution is 2.46. The number of hydrogen-bond donors (Lipinski definition) is 0. The van der Waals surface area contributed by atoms with Crippen LogP contribution in [0.2, 0.25) is 0 Å². The predicted octanol–water partition coefficient (Wildman–Crippen LogP) is 2.03. The van der Waals surface area contributed by atoms with Crippen LogP contribution < -0.4 is 24.2 Å². The highest BCUT2D eigenvalue weighted by molar-refractivity contribution is 8.08. The summed E-state index contributed by atoms with van der Waals surface area (Å²) in [4.78, 5) is 15.5. The molecule has 4 nitrogen and oxygen atoms in total. The number of thioether (sulfide) groups is 1. The van der Waals surface area contributed by atoms with Gasteiger partial charge in [-0.3, -0.25) is 9.36 Å². The first-order valence-electron chi connectivity index (χ1n) is 8.61. The lowest BCUT2D eigenvalue weighted by molar-refractivity contribution is -0.673. The van der Waals surface area contributed by atoms with Gasteiger partial charge in [0, 0.05) is 31.8 Å². The number of fused-ring (bicyclic) bond motifs is 1. The third-order valence-electron chi connectivity index (χ3n) is 4.60. The van der Waals surface area contributed by atoms with E-state index >= 15 is 0 Å². The van der Waals surface area contributed by atoms with Gasteiger partial charge in [-0.05, 0) is 25.1 Å². The van der Waals surface area contributed by atoms with Crippen molar-refractivity contribution in [3.05, 3.63) is 73.7 Å². The van der Waals surface area contributed by atoms with Crippen molar-refractivity contribution in [1.29, 1.82) is 0 Å². The van der Waals surface area contributed by atoms with Crippen molar-refractivity contribution in [2.24, 2.45) is 7.05 Å². The number of aryl methyl sites for hydroxylation is 1. The van der Waals surface area contributed by atoms with Crippen LogP contribution in [0.4, 0.5) is 10.1 Å². The number of anilines is 1. The molecule has 4 rings (SSSR count). The first-order chi connectivity index (χ1) is 13.0. The van der Waals surface area contributed by atoms with Crippen LogP contribution in [0.25, 0.3) is 11.1 Å². The summed E-state index contributed by atoms with van der Waals surface area (Å²) in [6.45, 7) is 2.55. The normalized spacial score (nSPS) is 16.1. The van der Waals surface area contributed by atoms with Gasteiger partial charge in [0.15, 0.2) is 6.20 Å². The second kappa shape index (κ2) is 6.98. The first kappa shape index (κ1) is 18.0. The molecular formula is C20H19FN3OS2+. The molecule has 0 fully saturated rings. The minimum absolute atomic E-state index is 0.0325. The first-order valence-corrected chi connectivity index (χ1v) is 10.2. The molecule has 3 heterocycles. The molecule has 0 unspecified atom stereocenters. The summed E-state index contributed by atoms with van der Waals surface area (Å²) in [5.41, 5.74) is 1.78. The standard InChI is InChI=1S/C20H19FN3OS2/c1-4-24-16(12-13-8-5-6-11-22(13)2)26-18(19(24)25)20-23(3)15-10-7-9-14(21)17(15)27-20/h5-12H,4H2,1-3H3/q+1/b20-18+. The molecule has 0 saturated carbocycles. The Morgan fingerprint density at radius 1 is 1.22 bits per heavy atom. The molecule has 0 aliphatic carbocycles. The van der Waals surface area contributed by atoms with Gasteiger partial charge in [0.2, 0.25) is 5.69 Å². The molecule has 138 valence electrons. The minimum Gasteiger partial charge on any atom is -0.337 e. The van der Waals surface area contributed by atoms with E-state index in [1.54, 1.807) is 10.6 Å². The molecule has 3 aromatic rings. The van der Waals surface area contributed by atoms with Crippen molar-refractivity contribution in [3.63, 3.8) is 0 Å². The van der Waals surface area contributed by atoms with Gasteiger partial charge in [-0.15, -0.1) is 11.3 Å². The molecule has 0 atom stereocenters. The Morgan fingerprint density at radius 3 is 2.74 bits per heavy atom. The van der Waals surface area contributed by atoms with Crippen molar-refractivity contribution in [1.82, 2.24) is 4.57 Å². The zero-order valence-electron chi connectivity index (χ0n) is 15.3. The molecule has 27 heavy (non-hydrogen) atoms.